The molecular weight excluding hydrogens is 354 g/mol. The van der Waals surface area contributed by atoms with E-state index in [1.165, 1.54) is 11.8 Å². The molecule has 1 aromatic rings. The summed E-state index contributed by atoms with van der Waals surface area (Å²) in [5.74, 6) is -0.555. The topological polar surface area (TPSA) is 67.2 Å². The molecule has 1 unspecified atom stereocenters. The van der Waals surface area contributed by atoms with Gasteiger partial charge in [-0.05, 0) is 40.9 Å². The summed E-state index contributed by atoms with van der Waals surface area (Å²) in [6.45, 7) is 0.580. The van der Waals surface area contributed by atoms with E-state index < -0.39 is 11.7 Å². The molecule has 4 nitrogen and oxygen atoms in total. The quantitative estimate of drug-likeness (QED) is 0.605. The number of rotatable bonds is 4. The molecule has 1 aliphatic heterocycles. The number of ether oxygens (including phenoxy) is 1. The van der Waals surface area contributed by atoms with E-state index in [9.17, 15) is 14.9 Å². The molecule has 0 amide bonds. The van der Waals surface area contributed by atoms with Crippen molar-refractivity contribution in [3.8, 4) is 11.8 Å². The number of Topliss-reactive ketones (excluding diaryl/α,β-unsaturated/α-hetero) is 2. The van der Waals surface area contributed by atoms with Crippen LogP contribution in [0.2, 0.25) is 0 Å². The van der Waals surface area contributed by atoms with Gasteiger partial charge >= 0.3 is 0 Å². The van der Waals surface area contributed by atoms with E-state index in [4.69, 9.17) is 4.74 Å². The Kier molecular flexibility index (Phi) is 4.05. The average molecular weight is 366 g/mol. The number of carbonyl (C=O) groups excluding carboxylic acids is 2. The Hall–Kier alpha value is -1.32. The molecule has 0 bridgehead atoms. The molecule has 108 valence electrons. The van der Waals surface area contributed by atoms with E-state index in [2.05, 4.69) is 15.9 Å². The highest BCUT2D eigenvalue weighted by Crippen LogP contribution is 2.42. The number of hydrogen-bond donors (Lipinski definition) is 0. The molecule has 2 aliphatic rings. The summed E-state index contributed by atoms with van der Waals surface area (Å²) in [6.07, 6.45) is 1.58. The van der Waals surface area contributed by atoms with E-state index in [1.807, 2.05) is 6.07 Å². The van der Waals surface area contributed by atoms with Crippen LogP contribution in [0.3, 0.4) is 0 Å². The lowest BCUT2D eigenvalue weighted by Crippen LogP contribution is -2.25. The van der Waals surface area contributed by atoms with Crippen LogP contribution in [0.1, 0.15) is 23.2 Å². The molecule has 1 aliphatic carbocycles. The fraction of sp³-hybridized carbons (Fsp3) is 0.400. The molecule has 6 heteroatoms. The zero-order valence-corrected chi connectivity index (χ0v) is 13.5. The van der Waals surface area contributed by atoms with Gasteiger partial charge in [-0.3, -0.25) is 9.59 Å². The number of benzene rings is 1. The molecule has 0 aromatic heterocycles. The molecule has 0 N–H and O–H groups in total. The molecule has 0 radical (unpaired) electrons. The lowest BCUT2D eigenvalue weighted by Gasteiger charge is -2.21. The first-order valence-corrected chi connectivity index (χ1v) is 8.47. The zero-order chi connectivity index (χ0) is 15.0. The molecule has 21 heavy (non-hydrogen) atoms. The standard InChI is InChI=1S/C15H12BrNO3S/c16-11-4-3-9(15-14(11)20-5-6-21-15)13(19)10(7-17)12(18)8-1-2-8/h3-4,8,10H,1-2,5-6H2. The summed E-state index contributed by atoms with van der Waals surface area (Å²) in [5, 5.41) is 9.22. The molecule has 3 rings (SSSR count). The van der Waals surface area contributed by atoms with Crippen molar-refractivity contribution in [1.29, 1.82) is 5.26 Å². The van der Waals surface area contributed by atoms with Gasteiger partial charge in [0.15, 0.2) is 17.5 Å². The van der Waals surface area contributed by atoms with E-state index in [1.54, 1.807) is 12.1 Å². The Bertz CT molecular complexity index is 664. The van der Waals surface area contributed by atoms with Gasteiger partial charge in [-0.2, -0.15) is 5.26 Å². The lowest BCUT2D eigenvalue weighted by molar-refractivity contribution is -0.121. The van der Waals surface area contributed by atoms with Gasteiger partial charge in [0.25, 0.3) is 0 Å². The number of fused-ring (bicyclic) bond motifs is 1. The van der Waals surface area contributed by atoms with E-state index in [-0.39, 0.29) is 11.7 Å². The van der Waals surface area contributed by atoms with Gasteiger partial charge in [-0.1, -0.05) is 0 Å². The van der Waals surface area contributed by atoms with Gasteiger partial charge in [0.1, 0.15) is 5.75 Å². The van der Waals surface area contributed by atoms with Gasteiger partial charge in [0.2, 0.25) is 0 Å². The Morgan fingerprint density at radius 1 is 1.43 bits per heavy atom. The smallest absolute Gasteiger partial charge is 0.188 e. The fourth-order valence-electron chi connectivity index (χ4n) is 2.31. The van der Waals surface area contributed by atoms with Crippen molar-refractivity contribution in [3.63, 3.8) is 0 Å². The van der Waals surface area contributed by atoms with Gasteiger partial charge in [-0.25, -0.2) is 0 Å². The van der Waals surface area contributed by atoms with Crippen molar-refractivity contribution >= 4 is 39.3 Å². The highest BCUT2D eigenvalue weighted by molar-refractivity contribution is 9.10. The van der Waals surface area contributed by atoms with Gasteiger partial charge in [0.05, 0.1) is 22.0 Å². The molecule has 1 aromatic carbocycles. The number of ketones is 2. The third-order valence-electron chi connectivity index (χ3n) is 3.56. The van der Waals surface area contributed by atoms with Crippen LogP contribution in [0.4, 0.5) is 0 Å². The monoisotopic (exact) mass is 365 g/mol. The second-order valence-electron chi connectivity index (χ2n) is 5.05. The van der Waals surface area contributed by atoms with E-state index >= 15 is 0 Å². The van der Waals surface area contributed by atoms with Gasteiger partial charge in [-0.15, -0.1) is 11.8 Å². The molecular formula is C15H12BrNO3S. The Morgan fingerprint density at radius 2 is 2.19 bits per heavy atom. The Labute approximate surface area is 135 Å². The van der Waals surface area contributed by atoms with Crippen LogP contribution in [0.15, 0.2) is 21.5 Å². The normalized spacial score (nSPS) is 18.1. The molecule has 1 heterocycles. The second-order valence-corrected chi connectivity index (χ2v) is 7.01. The summed E-state index contributed by atoms with van der Waals surface area (Å²) in [7, 11) is 0. The van der Waals surface area contributed by atoms with Crippen molar-refractivity contribution in [2.24, 2.45) is 11.8 Å². The molecule has 0 spiro atoms. The minimum Gasteiger partial charge on any atom is -0.490 e. The molecule has 1 atom stereocenters. The van der Waals surface area contributed by atoms with E-state index in [0.29, 0.717) is 17.9 Å². The summed E-state index contributed by atoms with van der Waals surface area (Å²) in [6, 6.07) is 5.28. The number of thioether (sulfide) groups is 1. The van der Waals surface area contributed by atoms with Crippen molar-refractivity contribution in [2.45, 2.75) is 17.7 Å². The SMILES string of the molecule is N#CC(C(=O)c1ccc(Br)c2c1SCCO2)C(=O)C1CC1. The zero-order valence-electron chi connectivity index (χ0n) is 11.1. The first-order valence-electron chi connectivity index (χ1n) is 6.69. The number of halogens is 1. The maximum atomic E-state index is 12.6. The number of nitriles is 1. The van der Waals surface area contributed by atoms with Crippen LogP contribution in [-0.4, -0.2) is 23.9 Å². The Balaban J connectivity index is 1.97. The maximum absolute atomic E-state index is 12.6. The van der Waals surface area contributed by atoms with Crippen molar-refractivity contribution in [3.05, 3.63) is 22.2 Å². The first-order chi connectivity index (χ1) is 10.1. The molecule has 0 saturated heterocycles. The largest absolute Gasteiger partial charge is 0.490 e. The number of hydrogen-bond acceptors (Lipinski definition) is 5. The summed E-state index contributed by atoms with van der Waals surface area (Å²) in [4.78, 5) is 25.4. The summed E-state index contributed by atoms with van der Waals surface area (Å²) < 4.78 is 6.37. The first kappa shape index (κ1) is 14.6. The van der Waals surface area contributed by atoms with Gasteiger partial charge in [0, 0.05) is 17.2 Å². The van der Waals surface area contributed by atoms with Crippen LogP contribution < -0.4 is 4.74 Å². The third-order valence-corrected chi connectivity index (χ3v) is 5.25. The number of nitrogens with zero attached hydrogens (tertiary/aromatic N) is 1. The summed E-state index contributed by atoms with van der Waals surface area (Å²) >= 11 is 4.92. The predicted octanol–water partition coefficient (Wildman–Crippen LogP) is 3.24. The van der Waals surface area contributed by atoms with Crippen LogP contribution in [0.5, 0.6) is 5.75 Å². The highest BCUT2D eigenvalue weighted by atomic mass is 79.9. The minimum atomic E-state index is -1.19. The van der Waals surface area contributed by atoms with Crippen molar-refractivity contribution in [2.75, 3.05) is 12.4 Å². The highest BCUT2D eigenvalue weighted by Gasteiger charge is 2.39. The van der Waals surface area contributed by atoms with Crippen LogP contribution in [0, 0.1) is 23.2 Å². The summed E-state index contributed by atoms with van der Waals surface area (Å²) in [5.41, 5.74) is 0.415. The third kappa shape index (κ3) is 2.72. The minimum absolute atomic E-state index is 0.103. The molecule has 1 fully saturated rings. The predicted molar refractivity (Wildman–Crippen MR) is 81.5 cm³/mol. The second kappa shape index (κ2) is 5.82. The molecule has 1 saturated carbocycles. The number of carbonyl (C=O) groups is 2. The average Bonchev–Trinajstić information content (AvgIpc) is 3.33. The van der Waals surface area contributed by atoms with Crippen LogP contribution >= 0.6 is 27.7 Å². The maximum Gasteiger partial charge on any atom is 0.188 e. The van der Waals surface area contributed by atoms with E-state index in [0.717, 1.165) is 28.0 Å². The fourth-order valence-corrected chi connectivity index (χ4v) is 3.88. The van der Waals surface area contributed by atoms with Crippen molar-refractivity contribution < 1.29 is 14.3 Å². The Morgan fingerprint density at radius 3 is 2.86 bits per heavy atom. The lowest BCUT2D eigenvalue weighted by atomic mass is 9.92. The van der Waals surface area contributed by atoms with Crippen LogP contribution in [0.25, 0.3) is 0 Å². The van der Waals surface area contributed by atoms with Gasteiger partial charge < -0.3 is 4.74 Å². The van der Waals surface area contributed by atoms with Crippen LogP contribution in [-0.2, 0) is 4.79 Å². The van der Waals surface area contributed by atoms with Crippen molar-refractivity contribution in [1.82, 2.24) is 0 Å².